The molecule has 1 fully saturated rings. The number of sulfonamides is 1. The van der Waals surface area contributed by atoms with Crippen LogP contribution in [-0.2, 0) is 10.0 Å². The third-order valence-electron chi connectivity index (χ3n) is 4.25. The zero-order valence-corrected chi connectivity index (χ0v) is 13.8. The predicted octanol–water partition coefficient (Wildman–Crippen LogP) is 3.39. The Morgan fingerprint density at radius 2 is 1.35 bits per heavy atom. The number of hydrogen-bond acceptors (Lipinski definition) is 3. The van der Waals surface area contributed by atoms with Gasteiger partial charge in [0.2, 0.25) is 10.0 Å². The molecule has 1 aliphatic carbocycles. The molecule has 4 nitrogen and oxygen atoms in total. The van der Waals surface area contributed by atoms with Gasteiger partial charge >= 0.3 is 0 Å². The molecule has 122 valence electrons. The van der Waals surface area contributed by atoms with E-state index >= 15 is 0 Å². The molecule has 0 aliphatic heterocycles. The molecule has 23 heavy (non-hydrogen) atoms. The number of nitrogens with one attached hydrogen (secondary N) is 2. The molecule has 2 aromatic carbocycles. The van der Waals surface area contributed by atoms with Gasteiger partial charge in [0.05, 0.1) is 4.90 Å². The van der Waals surface area contributed by atoms with Crippen LogP contribution in [0.2, 0.25) is 0 Å². The monoisotopic (exact) mass is 330 g/mol. The van der Waals surface area contributed by atoms with Gasteiger partial charge in [0, 0.05) is 17.8 Å². The van der Waals surface area contributed by atoms with Crippen molar-refractivity contribution in [3.63, 3.8) is 0 Å². The number of hydrogen-bond donors (Lipinski definition) is 2. The third kappa shape index (κ3) is 4.12. The Kier molecular flexibility index (Phi) is 4.98. The largest absolute Gasteiger partial charge is 0.381 e. The van der Waals surface area contributed by atoms with Crippen molar-refractivity contribution in [3.8, 4) is 0 Å². The zero-order valence-electron chi connectivity index (χ0n) is 13.0. The summed E-state index contributed by atoms with van der Waals surface area (Å²) in [6, 6.07) is 18.6. The maximum Gasteiger partial charge on any atom is 0.240 e. The maximum atomic E-state index is 12.6. The number of benzene rings is 2. The molecule has 2 unspecified atom stereocenters. The fourth-order valence-electron chi connectivity index (χ4n) is 3.06. The van der Waals surface area contributed by atoms with Crippen LogP contribution in [0, 0.1) is 0 Å². The topological polar surface area (TPSA) is 58.2 Å². The van der Waals surface area contributed by atoms with Crippen LogP contribution in [0.4, 0.5) is 5.69 Å². The Morgan fingerprint density at radius 3 is 2.00 bits per heavy atom. The van der Waals surface area contributed by atoms with E-state index in [4.69, 9.17) is 0 Å². The summed E-state index contributed by atoms with van der Waals surface area (Å²) in [6.45, 7) is 0. The first-order valence-corrected chi connectivity index (χ1v) is 9.52. The SMILES string of the molecule is O=S(=O)(NC1CCCCC1Nc1ccccc1)c1ccccc1. The molecule has 5 heteroatoms. The smallest absolute Gasteiger partial charge is 0.240 e. The van der Waals surface area contributed by atoms with E-state index in [0.29, 0.717) is 4.90 Å². The van der Waals surface area contributed by atoms with Crippen molar-refractivity contribution in [2.45, 2.75) is 42.7 Å². The van der Waals surface area contributed by atoms with Crippen LogP contribution >= 0.6 is 0 Å². The molecule has 2 N–H and O–H groups in total. The van der Waals surface area contributed by atoms with Crippen LogP contribution in [-0.4, -0.2) is 20.5 Å². The van der Waals surface area contributed by atoms with Crippen LogP contribution in [0.3, 0.4) is 0 Å². The van der Waals surface area contributed by atoms with E-state index in [1.165, 1.54) is 0 Å². The fourth-order valence-corrected chi connectivity index (χ4v) is 4.39. The van der Waals surface area contributed by atoms with Crippen LogP contribution in [0.5, 0.6) is 0 Å². The van der Waals surface area contributed by atoms with E-state index in [1.54, 1.807) is 24.3 Å². The molecular formula is C18H22N2O2S. The standard InChI is InChI=1S/C18H22N2O2S/c21-23(22,16-11-5-2-6-12-16)20-18-14-8-7-13-17(18)19-15-9-3-1-4-10-15/h1-6,9-12,17-20H,7-8,13-14H2. The summed E-state index contributed by atoms with van der Waals surface area (Å²) in [5.41, 5.74) is 1.03. The second-order valence-corrected chi connectivity index (χ2v) is 7.66. The molecule has 0 radical (unpaired) electrons. The maximum absolute atomic E-state index is 12.6. The van der Waals surface area contributed by atoms with Gasteiger partial charge in [-0.15, -0.1) is 0 Å². The van der Waals surface area contributed by atoms with Crippen LogP contribution < -0.4 is 10.0 Å². The van der Waals surface area contributed by atoms with Gasteiger partial charge in [-0.1, -0.05) is 49.2 Å². The molecule has 0 spiro atoms. The van der Waals surface area contributed by atoms with E-state index in [9.17, 15) is 8.42 Å². The molecule has 2 aromatic rings. The van der Waals surface area contributed by atoms with E-state index in [2.05, 4.69) is 10.0 Å². The van der Waals surface area contributed by atoms with E-state index in [1.807, 2.05) is 36.4 Å². The number of anilines is 1. The average Bonchev–Trinajstić information content (AvgIpc) is 2.58. The highest BCUT2D eigenvalue weighted by Crippen LogP contribution is 2.24. The summed E-state index contributed by atoms with van der Waals surface area (Å²) in [7, 11) is -3.48. The lowest BCUT2D eigenvalue weighted by molar-refractivity contribution is 0.378. The minimum atomic E-state index is -3.48. The van der Waals surface area contributed by atoms with E-state index in [0.717, 1.165) is 31.4 Å². The Bertz CT molecular complexity index is 717. The number of rotatable bonds is 5. The highest BCUT2D eigenvalue weighted by molar-refractivity contribution is 7.89. The van der Waals surface area contributed by atoms with Crippen molar-refractivity contribution < 1.29 is 8.42 Å². The van der Waals surface area contributed by atoms with E-state index in [-0.39, 0.29) is 12.1 Å². The summed E-state index contributed by atoms with van der Waals surface area (Å²) in [5.74, 6) is 0. The predicted molar refractivity (Wildman–Crippen MR) is 92.9 cm³/mol. The summed E-state index contributed by atoms with van der Waals surface area (Å²) >= 11 is 0. The highest BCUT2D eigenvalue weighted by Gasteiger charge is 2.29. The van der Waals surface area contributed by atoms with Crippen molar-refractivity contribution >= 4 is 15.7 Å². The van der Waals surface area contributed by atoms with E-state index < -0.39 is 10.0 Å². The number of para-hydroxylation sites is 1. The third-order valence-corrected chi connectivity index (χ3v) is 5.76. The summed E-state index contributed by atoms with van der Waals surface area (Å²) in [5, 5.41) is 3.48. The van der Waals surface area contributed by atoms with Gasteiger partial charge in [0.15, 0.2) is 0 Å². The molecule has 0 bridgehead atoms. The summed E-state index contributed by atoms with van der Waals surface area (Å²) in [6.07, 6.45) is 4.00. The summed E-state index contributed by atoms with van der Waals surface area (Å²) < 4.78 is 28.0. The molecular weight excluding hydrogens is 308 g/mol. The Morgan fingerprint density at radius 1 is 0.783 bits per heavy atom. The second-order valence-electron chi connectivity index (χ2n) is 5.94. The second kappa shape index (κ2) is 7.15. The Balaban J connectivity index is 1.74. The van der Waals surface area contributed by atoms with Crippen molar-refractivity contribution in [2.24, 2.45) is 0 Å². The first kappa shape index (κ1) is 16.0. The molecule has 1 aliphatic rings. The summed E-state index contributed by atoms with van der Waals surface area (Å²) in [4.78, 5) is 0.323. The van der Waals surface area contributed by atoms with Gasteiger partial charge in [0.1, 0.15) is 0 Å². The first-order chi connectivity index (χ1) is 11.1. The molecule has 0 amide bonds. The molecule has 3 rings (SSSR count). The lowest BCUT2D eigenvalue weighted by atomic mass is 9.91. The van der Waals surface area contributed by atoms with Gasteiger partial charge < -0.3 is 5.32 Å². The molecule has 2 atom stereocenters. The van der Waals surface area contributed by atoms with Crippen molar-refractivity contribution in [3.05, 3.63) is 60.7 Å². The highest BCUT2D eigenvalue weighted by atomic mass is 32.2. The average molecular weight is 330 g/mol. The van der Waals surface area contributed by atoms with Gasteiger partial charge in [-0.05, 0) is 37.1 Å². The van der Waals surface area contributed by atoms with Crippen LogP contribution in [0.1, 0.15) is 25.7 Å². The van der Waals surface area contributed by atoms with Gasteiger partial charge in [-0.3, -0.25) is 0 Å². The first-order valence-electron chi connectivity index (χ1n) is 8.04. The van der Waals surface area contributed by atoms with Crippen molar-refractivity contribution in [1.82, 2.24) is 4.72 Å². The van der Waals surface area contributed by atoms with Gasteiger partial charge in [-0.25, -0.2) is 13.1 Å². The fraction of sp³-hybridized carbons (Fsp3) is 0.333. The van der Waals surface area contributed by atoms with Crippen molar-refractivity contribution in [2.75, 3.05) is 5.32 Å². The quantitative estimate of drug-likeness (QED) is 0.883. The molecule has 0 saturated heterocycles. The molecule has 0 aromatic heterocycles. The normalized spacial score (nSPS) is 21.7. The molecule has 0 heterocycles. The molecule has 1 saturated carbocycles. The van der Waals surface area contributed by atoms with Crippen LogP contribution in [0.15, 0.2) is 65.6 Å². The Labute approximate surface area is 138 Å². The minimum Gasteiger partial charge on any atom is -0.381 e. The lowest BCUT2D eigenvalue weighted by Gasteiger charge is -2.33. The van der Waals surface area contributed by atoms with Gasteiger partial charge in [0.25, 0.3) is 0 Å². The lowest BCUT2D eigenvalue weighted by Crippen LogP contribution is -2.48. The Hall–Kier alpha value is -1.85. The van der Waals surface area contributed by atoms with Gasteiger partial charge in [-0.2, -0.15) is 0 Å². The van der Waals surface area contributed by atoms with Crippen molar-refractivity contribution in [1.29, 1.82) is 0 Å². The zero-order chi connectivity index (χ0) is 16.1. The van der Waals surface area contributed by atoms with Crippen LogP contribution in [0.25, 0.3) is 0 Å². The minimum absolute atomic E-state index is 0.0887.